The molecule has 2 rings (SSSR count). The number of carbonyl (C=O) groups excluding carboxylic acids is 1. The lowest BCUT2D eigenvalue weighted by molar-refractivity contribution is -0.132. The highest BCUT2D eigenvalue weighted by atomic mass is 16.5. The Morgan fingerprint density at radius 3 is 2.94 bits per heavy atom. The first kappa shape index (κ1) is 12.9. The molecule has 4 heteroatoms. The molecule has 1 fully saturated rings. The van der Waals surface area contributed by atoms with Crippen LogP contribution in [0.3, 0.4) is 0 Å². The number of hydrogen-bond donors (Lipinski definition) is 1. The first-order valence-electron chi connectivity index (χ1n) is 6.32. The highest BCUT2D eigenvalue weighted by Gasteiger charge is 2.29. The van der Waals surface area contributed by atoms with E-state index in [2.05, 4.69) is 5.32 Å². The minimum atomic E-state index is 0.0523. The molecule has 1 saturated carbocycles. The van der Waals surface area contributed by atoms with Crippen LogP contribution in [-0.4, -0.2) is 37.6 Å². The molecule has 1 amide bonds. The van der Waals surface area contributed by atoms with Crippen LogP contribution in [-0.2, 0) is 11.3 Å². The fraction of sp³-hybridized carbons (Fsp3) is 0.500. The molecule has 1 N–H and O–H groups in total. The number of benzene rings is 1. The monoisotopic (exact) mass is 248 g/mol. The highest BCUT2D eigenvalue weighted by molar-refractivity contribution is 5.78. The van der Waals surface area contributed by atoms with Gasteiger partial charge < -0.3 is 15.0 Å². The number of rotatable bonds is 6. The lowest BCUT2D eigenvalue weighted by Crippen LogP contribution is -2.33. The van der Waals surface area contributed by atoms with Crippen molar-refractivity contribution in [1.82, 2.24) is 10.2 Å². The molecule has 0 spiro atoms. The third-order valence-electron chi connectivity index (χ3n) is 3.13. The summed E-state index contributed by atoms with van der Waals surface area (Å²) in [5, 5.41) is 3.09. The van der Waals surface area contributed by atoms with Gasteiger partial charge in [-0.3, -0.25) is 4.79 Å². The molecule has 1 aromatic rings. The van der Waals surface area contributed by atoms with E-state index in [0.29, 0.717) is 6.04 Å². The molecule has 1 aliphatic carbocycles. The van der Waals surface area contributed by atoms with Crippen LogP contribution < -0.4 is 10.1 Å². The molecule has 4 nitrogen and oxygen atoms in total. The van der Waals surface area contributed by atoms with Crippen molar-refractivity contribution in [2.45, 2.75) is 25.4 Å². The number of hydrogen-bond acceptors (Lipinski definition) is 3. The zero-order chi connectivity index (χ0) is 13.0. The fourth-order valence-electron chi connectivity index (χ4n) is 1.86. The number of nitrogens with one attached hydrogen (secondary N) is 1. The van der Waals surface area contributed by atoms with Crippen LogP contribution in [0, 0.1) is 0 Å². The number of likely N-dealkylation sites (N-methyl/N-ethyl adjacent to an activating group) is 1. The standard InChI is InChI=1S/C14H20N2O2/c1-15-9-11-4-3-5-13(8-11)18-10-14(17)16(2)12-6-7-12/h3-5,8,12,15H,6-7,9-10H2,1-2H3. The fourth-order valence-corrected chi connectivity index (χ4v) is 1.86. The first-order valence-corrected chi connectivity index (χ1v) is 6.32. The van der Waals surface area contributed by atoms with Gasteiger partial charge in [0, 0.05) is 19.6 Å². The summed E-state index contributed by atoms with van der Waals surface area (Å²) in [6, 6.07) is 8.25. The van der Waals surface area contributed by atoms with E-state index in [0.717, 1.165) is 30.7 Å². The van der Waals surface area contributed by atoms with Crippen LogP contribution in [0.15, 0.2) is 24.3 Å². The van der Waals surface area contributed by atoms with Crippen LogP contribution in [0.25, 0.3) is 0 Å². The molecule has 0 unspecified atom stereocenters. The van der Waals surface area contributed by atoms with Crippen molar-refractivity contribution >= 4 is 5.91 Å². The number of ether oxygens (including phenoxy) is 1. The zero-order valence-corrected chi connectivity index (χ0v) is 11.0. The Labute approximate surface area is 108 Å². The van der Waals surface area contributed by atoms with Crippen LogP contribution >= 0.6 is 0 Å². The van der Waals surface area contributed by atoms with E-state index in [1.807, 2.05) is 38.4 Å². The summed E-state index contributed by atoms with van der Waals surface area (Å²) < 4.78 is 5.53. The molecule has 1 aromatic carbocycles. The molecular formula is C14H20N2O2. The maximum Gasteiger partial charge on any atom is 0.260 e. The van der Waals surface area contributed by atoms with Crippen molar-refractivity contribution < 1.29 is 9.53 Å². The summed E-state index contributed by atoms with van der Waals surface area (Å²) >= 11 is 0. The minimum Gasteiger partial charge on any atom is -0.484 e. The predicted octanol–water partition coefficient (Wildman–Crippen LogP) is 1.41. The Morgan fingerprint density at radius 2 is 2.28 bits per heavy atom. The van der Waals surface area contributed by atoms with Crippen molar-refractivity contribution in [2.75, 3.05) is 20.7 Å². The first-order chi connectivity index (χ1) is 8.70. The van der Waals surface area contributed by atoms with Gasteiger partial charge in [-0.25, -0.2) is 0 Å². The van der Waals surface area contributed by atoms with Crippen LogP contribution in [0.1, 0.15) is 18.4 Å². The molecule has 0 saturated heterocycles. The van der Waals surface area contributed by atoms with Gasteiger partial charge in [0.05, 0.1) is 0 Å². The molecule has 0 aromatic heterocycles. The van der Waals surface area contributed by atoms with Gasteiger partial charge in [0.25, 0.3) is 5.91 Å². The second-order valence-corrected chi connectivity index (χ2v) is 4.70. The summed E-state index contributed by atoms with van der Waals surface area (Å²) in [6.07, 6.45) is 2.25. The minimum absolute atomic E-state index is 0.0523. The smallest absolute Gasteiger partial charge is 0.260 e. The van der Waals surface area contributed by atoms with Gasteiger partial charge in [0.15, 0.2) is 6.61 Å². The number of amides is 1. The maximum atomic E-state index is 11.8. The lowest BCUT2D eigenvalue weighted by Gasteiger charge is -2.16. The van der Waals surface area contributed by atoms with Crippen molar-refractivity contribution in [3.63, 3.8) is 0 Å². The molecule has 18 heavy (non-hydrogen) atoms. The average molecular weight is 248 g/mol. The Kier molecular flexibility index (Phi) is 4.20. The van der Waals surface area contributed by atoms with Crippen molar-refractivity contribution in [2.24, 2.45) is 0 Å². The topological polar surface area (TPSA) is 41.6 Å². The van der Waals surface area contributed by atoms with Gasteiger partial charge in [0.1, 0.15) is 5.75 Å². The van der Waals surface area contributed by atoms with Crippen LogP contribution in [0.2, 0.25) is 0 Å². The zero-order valence-electron chi connectivity index (χ0n) is 11.0. The van der Waals surface area contributed by atoms with Gasteiger partial charge in [-0.15, -0.1) is 0 Å². The van der Waals surface area contributed by atoms with Crippen LogP contribution in [0.5, 0.6) is 5.75 Å². The third kappa shape index (κ3) is 3.47. The van der Waals surface area contributed by atoms with E-state index < -0.39 is 0 Å². The molecule has 0 bridgehead atoms. The average Bonchev–Trinajstić information content (AvgIpc) is 3.20. The summed E-state index contributed by atoms with van der Waals surface area (Å²) in [5.74, 6) is 0.803. The van der Waals surface area contributed by atoms with E-state index in [1.165, 1.54) is 0 Å². The number of carbonyl (C=O) groups is 1. The van der Waals surface area contributed by atoms with Gasteiger partial charge in [-0.2, -0.15) is 0 Å². The highest BCUT2D eigenvalue weighted by Crippen LogP contribution is 2.25. The van der Waals surface area contributed by atoms with Gasteiger partial charge in [-0.05, 0) is 37.6 Å². The van der Waals surface area contributed by atoms with E-state index in [9.17, 15) is 4.79 Å². The molecule has 0 aliphatic heterocycles. The Bertz CT molecular complexity index is 416. The van der Waals surface area contributed by atoms with Crippen molar-refractivity contribution in [3.05, 3.63) is 29.8 Å². The lowest BCUT2D eigenvalue weighted by atomic mass is 10.2. The molecule has 98 valence electrons. The maximum absolute atomic E-state index is 11.8. The summed E-state index contributed by atoms with van der Waals surface area (Å²) in [5.41, 5.74) is 1.15. The van der Waals surface area contributed by atoms with E-state index in [4.69, 9.17) is 4.74 Å². The van der Waals surface area contributed by atoms with Crippen LogP contribution in [0.4, 0.5) is 0 Å². The largest absolute Gasteiger partial charge is 0.484 e. The van der Waals surface area contributed by atoms with E-state index in [-0.39, 0.29) is 12.5 Å². The van der Waals surface area contributed by atoms with Crippen molar-refractivity contribution in [3.8, 4) is 5.75 Å². The molecule has 0 atom stereocenters. The second kappa shape index (κ2) is 5.87. The molecule has 0 radical (unpaired) electrons. The Morgan fingerprint density at radius 1 is 1.50 bits per heavy atom. The van der Waals surface area contributed by atoms with E-state index in [1.54, 1.807) is 4.90 Å². The predicted molar refractivity (Wildman–Crippen MR) is 70.5 cm³/mol. The Balaban J connectivity index is 1.85. The molecular weight excluding hydrogens is 228 g/mol. The third-order valence-corrected chi connectivity index (χ3v) is 3.13. The summed E-state index contributed by atoms with van der Waals surface area (Å²) in [6.45, 7) is 0.920. The molecule has 1 aliphatic rings. The second-order valence-electron chi connectivity index (χ2n) is 4.70. The van der Waals surface area contributed by atoms with Gasteiger partial charge in [-0.1, -0.05) is 12.1 Å². The summed E-state index contributed by atoms with van der Waals surface area (Å²) in [7, 11) is 3.75. The van der Waals surface area contributed by atoms with Gasteiger partial charge in [0.2, 0.25) is 0 Å². The van der Waals surface area contributed by atoms with Crippen molar-refractivity contribution in [1.29, 1.82) is 0 Å². The quantitative estimate of drug-likeness (QED) is 0.827. The number of nitrogens with zero attached hydrogens (tertiary/aromatic N) is 1. The van der Waals surface area contributed by atoms with E-state index >= 15 is 0 Å². The normalized spacial score (nSPS) is 14.3. The summed E-state index contributed by atoms with van der Waals surface area (Å²) in [4.78, 5) is 13.6. The SMILES string of the molecule is CNCc1cccc(OCC(=O)N(C)C2CC2)c1. The van der Waals surface area contributed by atoms with Gasteiger partial charge >= 0.3 is 0 Å². The Hall–Kier alpha value is -1.55. The molecule has 0 heterocycles.